The van der Waals surface area contributed by atoms with Crippen LogP contribution in [0, 0.1) is 0 Å². The maximum absolute atomic E-state index is 12.7. The molecule has 0 saturated carbocycles. The number of alkyl halides is 3. The van der Waals surface area contributed by atoms with Crippen molar-refractivity contribution in [3.63, 3.8) is 0 Å². The fourth-order valence-electron chi connectivity index (χ4n) is 3.42. The van der Waals surface area contributed by atoms with Gasteiger partial charge in [0.05, 0.1) is 12.7 Å². The van der Waals surface area contributed by atoms with Crippen molar-refractivity contribution in [2.75, 3.05) is 25.5 Å². The van der Waals surface area contributed by atoms with E-state index in [-0.39, 0.29) is 11.9 Å². The van der Waals surface area contributed by atoms with Gasteiger partial charge in [-0.05, 0) is 54.8 Å². The number of carbonyl (C=O) groups is 1. The van der Waals surface area contributed by atoms with Crippen LogP contribution in [-0.4, -0.2) is 31.1 Å². The third-order valence-electron chi connectivity index (χ3n) is 5.01. The third kappa shape index (κ3) is 4.97. The molecule has 2 aromatic rings. The van der Waals surface area contributed by atoms with Gasteiger partial charge in [-0.15, -0.1) is 0 Å². The van der Waals surface area contributed by atoms with Gasteiger partial charge in [0.2, 0.25) is 0 Å². The summed E-state index contributed by atoms with van der Waals surface area (Å²) in [4.78, 5) is 14.4. The van der Waals surface area contributed by atoms with Gasteiger partial charge >= 0.3 is 12.2 Å². The number of nitrogens with zero attached hydrogens (tertiary/aromatic N) is 1. The van der Waals surface area contributed by atoms with Crippen molar-refractivity contribution >= 4 is 11.7 Å². The van der Waals surface area contributed by atoms with E-state index in [2.05, 4.69) is 5.32 Å². The Hall–Kier alpha value is -2.70. The number of ether oxygens (including phenoxy) is 1. The molecule has 1 aliphatic rings. The van der Waals surface area contributed by atoms with Gasteiger partial charge in [-0.3, -0.25) is 0 Å². The minimum atomic E-state index is -4.39. The van der Waals surface area contributed by atoms with Crippen molar-refractivity contribution in [1.82, 2.24) is 4.90 Å². The number of amides is 2. The minimum Gasteiger partial charge on any atom is -0.497 e. The number of rotatable bonds is 3. The van der Waals surface area contributed by atoms with Crippen molar-refractivity contribution in [1.29, 1.82) is 0 Å². The number of halogens is 3. The second-order valence-corrected chi connectivity index (χ2v) is 6.92. The van der Waals surface area contributed by atoms with Crippen molar-refractivity contribution in [2.24, 2.45) is 0 Å². The second-order valence-electron chi connectivity index (χ2n) is 6.92. The molecule has 0 aromatic heterocycles. The molecule has 150 valence electrons. The van der Waals surface area contributed by atoms with Crippen molar-refractivity contribution < 1.29 is 22.7 Å². The molecule has 28 heavy (non-hydrogen) atoms. The van der Waals surface area contributed by atoms with Gasteiger partial charge in [-0.25, -0.2) is 4.79 Å². The number of hydrogen-bond donors (Lipinski definition) is 1. The molecule has 7 heteroatoms. The van der Waals surface area contributed by atoms with Gasteiger partial charge in [0.15, 0.2) is 0 Å². The molecule has 1 unspecified atom stereocenters. The van der Waals surface area contributed by atoms with Crippen molar-refractivity contribution in [2.45, 2.75) is 31.4 Å². The van der Waals surface area contributed by atoms with E-state index in [0.717, 1.165) is 42.7 Å². The predicted molar refractivity (Wildman–Crippen MR) is 102 cm³/mol. The highest BCUT2D eigenvalue weighted by molar-refractivity contribution is 5.89. The van der Waals surface area contributed by atoms with Gasteiger partial charge in [0, 0.05) is 24.7 Å². The van der Waals surface area contributed by atoms with Crippen molar-refractivity contribution in [3.8, 4) is 5.75 Å². The summed E-state index contributed by atoms with van der Waals surface area (Å²) in [7, 11) is 1.62. The van der Waals surface area contributed by atoms with E-state index in [9.17, 15) is 18.0 Å². The summed E-state index contributed by atoms with van der Waals surface area (Å²) in [5.74, 6) is 1.00. The largest absolute Gasteiger partial charge is 0.497 e. The molecule has 1 aliphatic heterocycles. The van der Waals surface area contributed by atoms with Gasteiger partial charge in [-0.1, -0.05) is 18.6 Å². The van der Waals surface area contributed by atoms with Crippen LogP contribution in [0.3, 0.4) is 0 Å². The number of methoxy groups -OCH3 is 1. The monoisotopic (exact) mass is 392 g/mol. The number of anilines is 1. The standard InChI is InChI=1S/C21H23F3N2O2/c1-28-19-11-5-15(6-12-19)16-4-2-3-13-26(14-16)20(27)25-18-9-7-17(8-10-18)21(22,23)24/h5-12,16H,2-4,13-14H2,1H3,(H,25,27). The van der Waals surface area contributed by atoms with Crippen LogP contribution in [0.4, 0.5) is 23.7 Å². The average Bonchev–Trinajstić information content (AvgIpc) is 2.94. The number of benzene rings is 2. The molecule has 4 nitrogen and oxygen atoms in total. The van der Waals surface area contributed by atoms with E-state index in [0.29, 0.717) is 18.8 Å². The number of hydrogen-bond acceptors (Lipinski definition) is 2. The summed E-state index contributed by atoms with van der Waals surface area (Å²) >= 11 is 0. The number of urea groups is 1. The quantitative estimate of drug-likeness (QED) is 0.748. The first kappa shape index (κ1) is 20.0. The van der Waals surface area contributed by atoms with Crippen LogP contribution >= 0.6 is 0 Å². The fraction of sp³-hybridized carbons (Fsp3) is 0.381. The number of likely N-dealkylation sites (tertiary alicyclic amines) is 1. The van der Waals surface area contributed by atoms with Crippen molar-refractivity contribution in [3.05, 3.63) is 59.7 Å². The lowest BCUT2D eigenvalue weighted by Crippen LogP contribution is -2.37. The molecule has 0 bridgehead atoms. The topological polar surface area (TPSA) is 41.6 Å². The smallest absolute Gasteiger partial charge is 0.416 e. The molecule has 0 aliphatic carbocycles. The summed E-state index contributed by atoms with van der Waals surface area (Å²) in [6.45, 7) is 1.19. The molecule has 1 N–H and O–H groups in total. The summed E-state index contributed by atoms with van der Waals surface area (Å²) in [6.07, 6.45) is -1.50. The Morgan fingerprint density at radius 3 is 2.36 bits per heavy atom. The Morgan fingerprint density at radius 2 is 1.75 bits per heavy atom. The Labute approximate surface area is 162 Å². The van der Waals surface area contributed by atoms with E-state index in [1.165, 1.54) is 12.1 Å². The summed E-state index contributed by atoms with van der Waals surface area (Å²) in [6, 6.07) is 12.1. The van der Waals surface area contributed by atoms with Crippen LogP contribution in [0.25, 0.3) is 0 Å². The Balaban J connectivity index is 1.66. The minimum absolute atomic E-state index is 0.215. The first-order valence-corrected chi connectivity index (χ1v) is 9.24. The summed E-state index contributed by atoms with van der Waals surface area (Å²) in [5.41, 5.74) is 0.762. The van der Waals surface area contributed by atoms with Gasteiger partial charge in [0.25, 0.3) is 0 Å². The zero-order valence-corrected chi connectivity index (χ0v) is 15.6. The van der Waals surface area contributed by atoms with E-state index < -0.39 is 11.7 Å². The van der Waals surface area contributed by atoms with E-state index in [1.54, 1.807) is 12.0 Å². The first-order chi connectivity index (χ1) is 13.4. The molecule has 1 atom stereocenters. The zero-order chi connectivity index (χ0) is 20.1. The maximum Gasteiger partial charge on any atom is 0.416 e. The van der Waals surface area contributed by atoms with Gasteiger partial charge < -0.3 is 15.0 Å². The SMILES string of the molecule is COc1ccc(C2CCCCN(C(=O)Nc3ccc(C(F)(F)F)cc3)C2)cc1. The molecule has 2 amide bonds. The molecule has 1 fully saturated rings. The van der Waals surface area contributed by atoms with E-state index >= 15 is 0 Å². The Kier molecular flexibility index (Phi) is 6.11. The zero-order valence-electron chi connectivity index (χ0n) is 15.6. The molecular weight excluding hydrogens is 369 g/mol. The second kappa shape index (κ2) is 8.54. The van der Waals surface area contributed by atoms with Gasteiger partial charge in [-0.2, -0.15) is 13.2 Å². The van der Waals surface area contributed by atoms with Crippen LogP contribution in [0.1, 0.15) is 36.3 Å². The molecule has 3 rings (SSSR count). The van der Waals surface area contributed by atoms with E-state index in [1.807, 2.05) is 24.3 Å². The highest BCUT2D eigenvalue weighted by atomic mass is 19.4. The average molecular weight is 392 g/mol. The van der Waals surface area contributed by atoms with E-state index in [4.69, 9.17) is 4.74 Å². The molecule has 1 heterocycles. The number of carbonyl (C=O) groups excluding carboxylic acids is 1. The molecule has 0 spiro atoms. The lowest BCUT2D eigenvalue weighted by molar-refractivity contribution is -0.137. The van der Waals surface area contributed by atoms with Crippen LogP contribution in [0.2, 0.25) is 0 Å². The van der Waals surface area contributed by atoms with Crippen LogP contribution < -0.4 is 10.1 Å². The highest BCUT2D eigenvalue weighted by Crippen LogP contribution is 2.30. The first-order valence-electron chi connectivity index (χ1n) is 9.24. The highest BCUT2D eigenvalue weighted by Gasteiger charge is 2.30. The Bertz CT molecular complexity index is 789. The molecule has 2 aromatic carbocycles. The van der Waals surface area contributed by atoms with Crippen LogP contribution in [0.5, 0.6) is 5.75 Å². The molecular formula is C21H23F3N2O2. The molecule has 0 radical (unpaired) electrons. The fourth-order valence-corrected chi connectivity index (χ4v) is 3.42. The van der Waals surface area contributed by atoms with Gasteiger partial charge in [0.1, 0.15) is 5.75 Å². The number of nitrogens with one attached hydrogen (secondary N) is 1. The predicted octanol–water partition coefficient (Wildman–Crippen LogP) is 5.52. The summed E-state index contributed by atoms with van der Waals surface area (Å²) < 4.78 is 43.2. The lowest BCUT2D eigenvalue weighted by atomic mass is 9.94. The third-order valence-corrected chi connectivity index (χ3v) is 5.01. The molecule has 1 saturated heterocycles. The Morgan fingerprint density at radius 1 is 1.07 bits per heavy atom. The van der Waals surface area contributed by atoms with Crippen LogP contribution in [0.15, 0.2) is 48.5 Å². The normalized spacial score (nSPS) is 17.7. The lowest BCUT2D eigenvalue weighted by Gasteiger charge is -2.25. The summed E-state index contributed by atoms with van der Waals surface area (Å²) in [5, 5.41) is 2.71. The maximum atomic E-state index is 12.7. The van der Waals surface area contributed by atoms with Crippen LogP contribution in [-0.2, 0) is 6.18 Å².